The molecule has 0 saturated heterocycles. The number of phenolic OH excluding ortho intramolecular Hbond substituents is 2. The third kappa shape index (κ3) is 5.17. The lowest BCUT2D eigenvalue weighted by atomic mass is 10.1. The Hall–Kier alpha value is -3.28. The van der Waals surface area contributed by atoms with Gasteiger partial charge in [-0.3, -0.25) is 0 Å². The van der Waals surface area contributed by atoms with Gasteiger partial charge in [0, 0.05) is 12.5 Å². The molecule has 0 amide bonds. The van der Waals surface area contributed by atoms with Crippen LogP contribution in [-0.4, -0.2) is 33.4 Å². The Kier molecular flexibility index (Phi) is 5.57. The number of hydrogen-bond donors (Lipinski definition) is 3. The molecule has 124 valence electrons. The summed E-state index contributed by atoms with van der Waals surface area (Å²) in [5.41, 5.74) is 1.28. The molecule has 3 N–H and O–H groups in total. The predicted octanol–water partition coefficient (Wildman–Crippen LogP) is 2.35. The van der Waals surface area contributed by atoms with Gasteiger partial charge in [-0.05, 0) is 41.5 Å². The van der Waals surface area contributed by atoms with E-state index in [1.54, 1.807) is 24.3 Å². The van der Waals surface area contributed by atoms with E-state index in [2.05, 4.69) is 0 Å². The first-order valence-corrected chi connectivity index (χ1v) is 7.12. The van der Waals surface area contributed by atoms with Crippen molar-refractivity contribution in [1.82, 2.24) is 0 Å². The van der Waals surface area contributed by atoms with Gasteiger partial charge in [0.15, 0.2) is 0 Å². The fraction of sp³-hybridized carbons (Fsp3) is 0.111. The topological polar surface area (TPSA) is 104 Å². The summed E-state index contributed by atoms with van der Waals surface area (Å²) in [6, 6.07) is 12.1. The Morgan fingerprint density at radius 2 is 1.50 bits per heavy atom. The van der Waals surface area contributed by atoms with Gasteiger partial charge in [0.1, 0.15) is 11.5 Å². The molecular formula is C18H16O6. The van der Waals surface area contributed by atoms with Gasteiger partial charge in [0.2, 0.25) is 6.10 Å². The van der Waals surface area contributed by atoms with Crippen molar-refractivity contribution >= 4 is 18.0 Å². The average molecular weight is 328 g/mol. The molecule has 2 aromatic carbocycles. The Labute approximate surface area is 138 Å². The van der Waals surface area contributed by atoms with Crippen molar-refractivity contribution < 1.29 is 29.6 Å². The molecule has 0 heterocycles. The van der Waals surface area contributed by atoms with Crippen LogP contribution in [0.2, 0.25) is 0 Å². The molecule has 0 radical (unpaired) electrons. The Morgan fingerprint density at radius 1 is 0.958 bits per heavy atom. The number of carbonyl (C=O) groups excluding carboxylic acids is 1. The van der Waals surface area contributed by atoms with E-state index in [0.29, 0.717) is 11.1 Å². The summed E-state index contributed by atoms with van der Waals surface area (Å²) >= 11 is 0. The molecule has 0 aliphatic heterocycles. The minimum atomic E-state index is -1.33. The summed E-state index contributed by atoms with van der Waals surface area (Å²) in [6.45, 7) is 0. The van der Waals surface area contributed by atoms with Crippen LogP contribution in [-0.2, 0) is 20.7 Å². The molecule has 0 aromatic heterocycles. The second-order valence-corrected chi connectivity index (χ2v) is 5.06. The molecule has 1 atom stereocenters. The zero-order chi connectivity index (χ0) is 17.5. The molecule has 6 nitrogen and oxygen atoms in total. The number of carboxylic acids is 1. The highest BCUT2D eigenvalue weighted by Gasteiger charge is 2.21. The van der Waals surface area contributed by atoms with Gasteiger partial charge in [-0.15, -0.1) is 0 Å². The lowest BCUT2D eigenvalue weighted by Crippen LogP contribution is -2.28. The number of aliphatic carboxylic acids is 1. The molecule has 6 heteroatoms. The summed E-state index contributed by atoms with van der Waals surface area (Å²) in [4.78, 5) is 23.0. The van der Waals surface area contributed by atoms with Gasteiger partial charge >= 0.3 is 11.9 Å². The van der Waals surface area contributed by atoms with E-state index in [1.165, 1.54) is 30.3 Å². The van der Waals surface area contributed by atoms with Crippen LogP contribution < -0.4 is 0 Å². The first-order valence-electron chi connectivity index (χ1n) is 7.12. The number of carboxylic acid groups (broad SMARTS) is 1. The number of aromatic hydroxyl groups is 2. The summed E-state index contributed by atoms with van der Waals surface area (Å²) in [6.07, 6.45) is 1.25. The number of hydrogen-bond acceptors (Lipinski definition) is 5. The number of ether oxygens (including phenoxy) is 1. The highest BCUT2D eigenvalue weighted by atomic mass is 16.6. The van der Waals surface area contributed by atoms with E-state index in [4.69, 9.17) is 4.74 Å². The highest BCUT2D eigenvalue weighted by Crippen LogP contribution is 2.14. The molecule has 0 saturated carbocycles. The minimum Gasteiger partial charge on any atom is -0.508 e. The normalized spacial score (nSPS) is 12.0. The van der Waals surface area contributed by atoms with Gasteiger partial charge in [0.05, 0.1) is 0 Å². The Morgan fingerprint density at radius 3 is 2.04 bits per heavy atom. The fourth-order valence-electron chi connectivity index (χ4n) is 1.95. The van der Waals surface area contributed by atoms with Crippen molar-refractivity contribution in [3.8, 4) is 11.5 Å². The van der Waals surface area contributed by atoms with Crippen LogP contribution >= 0.6 is 0 Å². The van der Waals surface area contributed by atoms with Crippen molar-refractivity contribution in [2.45, 2.75) is 12.5 Å². The van der Waals surface area contributed by atoms with Crippen molar-refractivity contribution in [3.05, 3.63) is 65.7 Å². The number of benzene rings is 2. The van der Waals surface area contributed by atoms with Crippen LogP contribution in [0, 0.1) is 0 Å². The van der Waals surface area contributed by atoms with E-state index in [9.17, 15) is 24.9 Å². The first-order chi connectivity index (χ1) is 11.4. The first kappa shape index (κ1) is 17.1. The summed E-state index contributed by atoms with van der Waals surface area (Å²) in [5.74, 6) is -1.86. The molecule has 24 heavy (non-hydrogen) atoms. The van der Waals surface area contributed by atoms with Crippen LogP contribution in [0.25, 0.3) is 6.08 Å². The van der Waals surface area contributed by atoms with Crippen molar-refractivity contribution in [2.24, 2.45) is 0 Å². The minimum absolute atomic E-state index is 0.00555. The zero-order valence-electron chi connectivity index (χ0n) is 12.6. The van der Waals surface area contributed by atoms with Gasteiger partial charge < -0.3 is 20.1 Å². The van der Waals surface area contributed by atoms with Crippen LogP contribution in [0.1, 0.15) is 11.1 Å². The molecule has 0 aliphatic carbocycles. The SMILES string of the molecule is O=C(/C=C/c1ccc(O)cc1)OC(Cc1ccc(O)cc1)C(=O)O. The molecule has 0 fully saturated rings. The maximum atomic E-state index is 11.8. The Balaban J connectivity index is 1.99. The second kappa shape index (κ2) is 7.82. The maximum absolute atomic E-state index is 11.8. The predicted molar refractivity (Wildman–Crippen MR) is 86.5 cm³/mol. The quantitative estimate of drug-likeness (QED) is 0.555. The van der Waals surface area contributed by atoms with Crippen LogP contribution in [0.3, 0.4) is 0 Å². The molecular weight excluding hydrogens is 312 g/mol. The molecule has 1 unspecified atom stereocenters. The molecule has 0 spiro atoms. The van der Waals surface area contributed by atoms with Crippen molar-refractivity contribution in [1.29, 1.82) is 0 Å². The monoisotopic (exact) mass is 328 g/mol. The van der Waals surface area contributed by atoms with Gasteiger partial charge in [-0.2, -0.15) is 0 Å². The summed E-state index contributed by atoms with van der Waals surface area (Å²) in [7, 11) is 0. The van der Waals surface area contributed by atoms with E-state index in [-0.39, 0.29) is 17.9 Å². The number of esters is 1. The molecule has 2 rings (SSSR count). The standard InChI is InChI=1S/C18H16O6/c19-14-6-1-12(2-7-14)5-10-17(21)24-16(18(22)23)11-13-3-8-15(20)9-4-13/h1-10,16,19-20H,11H2,(H,22,23)/b10-5+. The van der Waals surface area contributed by atoms with E-state index in [1.807, 2.05) is 0 Å². The second-order valence-electron chi connectivity index (χ2n) is 5.06. The third-order valence-electron chi connectivity index (χ3n) is 3.20. The van der Waals surface area contributed by atoms with E-state index >= 15 is 0 Å². The average Bonchev–Trinajstić information content (AvgIpc) is 2.55. The molecule has 0 aliphatic rings. The highest BCUT2D eigenvalue weighted by molar-refractivity contribution is 5.89. The summed E-state index contributed by atoms with van der Waals surface area (Å²) < 4.78 is 4.95. The summed E-state index contributed by atoms with van der Waals surface area (Å²) in [5, 5.41) is 27.6. The number of rotatable bonds is 6. The lowest BCUT2D eigenvalue weighted by Gasteiger charge is -2.12. The van der Waals surface area contributed by atoms with Gasteiger partial charge in [-0.1, -0.05) is 24.3 Å². The maximum Gasteiger partial charge on any atom is 0.345 e. The smallest absolute Gasteiger partial charge is 0.345 e. The van der Waals surface area contributed by atoms with Gasteiger partial charge in [0.25, 0.3) is 0 Å². The fourth-order valence-corrected chi connectivity index (χ4v) is 1.95. The lowest BCUT2D eigenvalue weighted by molar-refractivity contribution is -0.160. The largest absolute Gasteiger partial charge is 0.508 e. The Bertz CT molecular complexity index is 731. The van der Waals surface area contributed by atoms with Crippen molar-refractivity contribution in [3.63, 3.8) is 0 Å². The van der Waals surface area contributed by atoms with Crippen molar-refractivity contribution in [2.75, 3.05) is 0 Å². The zero-order valence-corrected chi connectivity index (χ0v) is 12.6. The molecule has 2 aromatic rings. The third-order valence-corrected chi connectivity index (χ3v) is 3.20. The van der Waals surface area contributed by atoms with Gasteiger partial charge in [-0.25, -0.2) is 9.59 Å². The number of carbonyl (C=O) groups is 2. The van der Waals surface area contributed by atoms with E-state index in [0.717, 1.165) is 6.08 Å². The van der Waals surface area contributed by atoms with Crippen LogP contribution in [0.15, 0.2) is 54.6 Å². The van der Waals surface area contributed by atoms with Crippen LogP contribution in [0.4, 0.5) is 0 Å². The molecule has 0 bridgehead atoms. The van der Waals surface area contributed by atoms with E-state index < -0.39 is 18.0 Å². The number of phenols is 2. The van der Waals surface area contributed by atoms with Crippen LogP contribution in [0.5, 0.6) is 11.5 Å².